The molecule has 0 fully saturated rings. The third kappa shape index (κ3) is 3.82. The molecule has 0 spiro atoms. The number of nitrogens with zero attached hydrogens (tertiary/aromatic N) is 2. The van der Waals surface area contributed by atoms with Crippen LogP contribution in [0.25, 0.3) is 11.1 Å². The van der Waals surface area contributed by atoms with Gasteiger partial charge < -0.3 is 9.88 Å². The molecular weight excluding hydrogens is 301 g/mol. The van der Waals surface area contributed by atoms with Crippen molar-refractivity contribution < 1.29 is 4.39 Å². The fourth-order valence-corrected chi connectivity index (χ4v) is 2.80. The van der Waals surface area contributed by atoms with Gasteiger partial charge in [-0.3, -0.25) is 0 Å². The number of imidazole rings is 1. The fourth-order valence-electron chi connectivity index (χ4n) is 2.80. The summed E-state index contributed by atoms with van der Waals surface area (Å²) in [6, 6.07) is 13.0. The predicted molar refractivity (Wildman–Crippen MR) is 96.6 cm³/mol. The monoisotopic (exact) mass is 323 g/mol. The van der Waals surface area contributed by atoms with E-state index in [4.69, 9.17) is 0 Å². The Morgan fingerprint density at radius 2 is 1.88 bits per heavy atom. The summed E-state index contributed by atoms with van der Waals surface area (Å²) in [5.41, 5.74) is 4.40. The van der Waals surface area contributed by atoms with Crippen molar-refractivity contribution in [1.82, 2.24) is 9.55 Å². The smallest absolute Gasteiger partial charge is 0.123 e. The van der Waals surface area contributed by atoms with E-state index in [2.05, 4.69) is 40.0 Å². The Morgan fingerprint density at radius 1 is 1.08 bits per heavy atom. The highest BCUT2D eigenvalue weighted by molar-refractivity contribution is 5.78. The second kappa shape index (κ2) is 7.30. The molecule has 0 aliphatic carbocycles. The van der Waals surface area contributed by atoms with Crippen molar-refractivity contribution in [3.63, 3.8) is 0 Å². The lowest BCUT2D eigenvalue weighted by Crippen LogP contribution is -2.08. The Kier molecular flexibility index (Phi) is 4.94. The summed E-state index contributed by atoms with van der Waals surface area (Å²) < 4.78 is 15.3. The molecule has 0 radical (unpaired) electrons. The zero-order valence-electron chi connectivity index (χ0n) is 14.1. The number of rotatable bonds is 6. The second-order valence-corrected chi connectivity index (χ2v) is 6.00. The van der Waals surface area contributed by atoms with Crippen molar-refractivity contribution in [2.45, 2.75) is 26.8 Å². The van der Waals surface area contributed by atoms with Crippen LogP contribution in [0.4, 0.5) is 10.1 Å². The number of benzene rings is 2. The van der Waals surface area contributed by atoms with Crippen molar-refractivity contribution in [2.24, 2.45) is 0 Å². The lowest BCUT2D eigenvalue weighted by molar-refractivity contribution is 0.628. The standard InChI is InChI=1S/C20H22FN3/c1-15-4-9-19(17-5-7-18(21)8-6-17)20(14-15)23-10-3-12-24-13-11-22-16(24)2/h4-9,11,13-14,23H,3,10,12H2,1-2H3. The zero-order chi connectivity index (χ0) is 16.9. The first-order chi connectivity index (χ1) is 11.6. The molecular formula is C20H22FN3. The largest absolute Gasteiger partial charge is 0.384 e. The minimum Gasteiger partial charge on any atom is -0.384 e. The minimum absolute atomic E-state index is 0.212. The lowest BCUT2D eigenvalue weighted by atomic mass is 10.0. The molecule has 3 nitrogen and oxygen atoms in total. The Bertz CT molecular complexity index is 806. The van der Waals surface area contributed by atoms with Crippen LogP contribution in [-0.4, -0.2) is 16.1 Å². The molecule has 0 saturated carbocycles. The van der Waals surface area contributed by atoms with Gasteiger partial charge in [-0.15, -0.1) is 0 Å². The molecule has 0 bridgehead atoms. The Balaban J connectivity index is 1.69. The van der Waals surface area contributed by atoms with Gasteiger partial charge in [-0.1, -0.05) is 24.3 Å². The van der Waals surface area contributed by atoms with E-state index in [1.165, 1.54) is 17.7 Å². The maximum absolute atomic E-state index is 13.2. The highest BCUT2D eigenvalue weighted by atomic mass is 19.1. The predicted octanol–water partition coefficient (Wildman–Crippen LogP) is 4.81. The van der Waals surface area contributed by atoms with Crippen molar-refractivity contribution in [1.29, 1.82) is 0 Å². The number of nitrogens with one attached hydrogen (secondary N) is 1. The number of hydrogen-bond donors (Lipinski definition) is 1. The molecule has 1 aromatic heterocycles. The molecule has 0 aliphatic rings. The van der Waals surface area contributed by atoms with Gasteiger partial charge in [0, 0.05) is 36.7 Å². The summed E-state index contributed by atoms with van der Waals surface area (Å²) in [4.78, 5) is 4.24. The maximum Gasteiger partial charge on any atom is 0.123 e. The first-order valence-electron chi connectivity index (χ1n) is 8.22. The third-order valence-corrected chi connectivity index (χ3v) is 4.15. The number of anilines is 1. The van der Waals surface area contributed by atoms with Gasteiger partial charge in [-0.2, -0.15) is 0 Å². The normalized spacial score (nSPS) is 10.8. The van der Waals surface area contributed by atoms with Gasteiger partial charge >= 0.3 is 0 Å². The molecule has 24 heavy (non-hydrogen) atoms. The molecule has 1 N–H and O–H groups in total. The van der Waals surface area contributed by atoms with Crippen LogP contribution in [0.2, 0.25) is 0 Å². The molecule has 0 amide bonds. The summed E-state index contributed by atoms with van der Waals surface area (Å²) in [5.74, 6) is 0.827. The quantitative estimate of drug-likeness (QED) is 0.660. The first kappa shape index (κ1) is 16.2. The zero-order valence-corrected chi connectivity index (χ0v) is 14.1. The molecule has 3 aromatic rings. The van der Waals surface area contributed by atoms with E-state index in [0.717, 1.165) is 42.1 Å². The molecule has 0 saturated heterocycles. The number of aromatic nitrogens is 2. The average molecular weight is 323 g/mol. The van der Waals surface area contributed by atoms with Gasteiger partial charge in [0.25, 0.3) is 0 Å². The van der Waals surface area contributed by atoms with Gasteiger partial charge in [-0.05, 0) is 49.6 Å². The summed E-state index contributed by atoms with van der Waals surface area (Å²) in [6.07, 6.45) is 4.84. The maximum atomic E-state index is 13.2. The first-order valence-corrected chi connectivity index (χ1v) is 8.22. The van der Waals surface area contributed by atoms with Crippen LogP contribution in [0.3, 0.4) is 0 Å². The van der Waals surface area contributed by atoms with Crippen LogP contribution in [0.5, 0.6) is 0 Å². The van der Waals surface area contributed by atoms with E-state index in [1.807, 2.05) is 31.5 Å². The molecule has 0 atom stereocenters. The minimum atomic E-state index is -0.212. The molecule has 0 aliphatic heterocycles. The molecule has 124 valence electrons. The Hall–Kier alpha value is -2.62. The van der Waals surface area contributed by atoms with Crippen LogP contribution in [0.1, 0.15) is 17.8 Å². The van der Waals surface area contributed by atoms with Gasteiger partial charge in [0.1, 0.15) is 11.6 Å². The number of halogens is 1. The highest BCUT2D eigenvalue weighted by Gasteiger charge is 2.06. The lowest BCUT2D eigenvalue weighted by Gasteiger charge is -2.14. The SMILES string of the molecule is Cc1ccc(-c2ccc(F)cc2)c(NCCCn2ccnc2C)c1. The van der Waals surface area contributed by atoms with Gasteiger partial charge in [0.15, 0.2) is 0 Å². The van der Waals surface area contributed by atoms with Crippen molar-refractivity contribution in [3.05, 3.63) is 72.1 Å². The molecule has 2 aromatic carbocycles. The van der Waals surface area contributed by atoms with E-state index >= 15 is 0 Å². The Morgan fingerprint density at radius 3 is 2.58 bits per heavy atom. The van der Waals surface area contributed by atoms with E-state index < -0.39 is 0 Å². The van der Waals surface area contributed by atoms with Crippen molar-refractivity contribution in [3.8, 4) is 11.1 Å². The second-order valence-electron chi connectivity index (χ2n) is 6.00. The summed E-state index contributed by atoms with van der Waals surface area (Å²) in [7, 11) is 0. The van der Waals surface area contributed by atoms with Crippen LogP contribution >= 0.6 is 0 Å². The summed E-state index contributed by atoms with van der Waals surface area (Å²) in [5, 5.41) is 3.52. The summed E-state index contributed by atoms with van der Waals surface area (Å²) in [6.45, 7) is 5.90. The van der Waals surface area contributed by atoms with Crippen LogP contribution < -0.4 is 5.32 Å². The topological polar surface area (TPSA) is 29.9 Å². The molecule has 4 heteroatoms. The van der Waals surface area contributed by atoms with Crippen LogP contribution in [0.15, 0.2) is 54.9 Å². The number of hydrogen-bond acceptors (Lipinski definition) is 2. The van der Waals surface area contributed by atoms with Gasteiger partial charge in [0.2, 0.25) is 0 Å². The molecule has 3 rings (SSSR count). The van der Waals surface area contributed by atoms with Crippen LogP contribution in [-0.2, 0) is 6.54 Å². The number of aryl methyl sites for hydroxylation is 3. The highest BCUT2D eigenvalue weighted by Crippen LogP contribution is 2.29. The fraction of sp³-hybridized carbons (Fsp3) is 0.250. The van der Waals surface area contributed by atoms with E-state index in [9.17, 15) is 4.39 Å². The van der Waals surface area contributed by atoms with E-state index in [-0.39, 0.29) is 5.82 Å². The third-order valence-electron chi connectivity index (χ3n) is 4.15. The average Bonchev–Trinajstić information content (AvgIpc) is 2.98. The Labute approximate surface area is 142 Å². The van der Waals surface area contributed by atoms with Gasteiger partial charge in [-0.25, -0.2) is 9.37 Å². The van der Waals surface area contributed by atoms with Crippen molar-refractivity contribution in [2.75, 3.05) is 11.9 Å². The molecule has 1 heterocycles. The molecule has 0 unspecified atom stereocenters. The van der Waals surface area contributed by atoms with E-state index in [1.54, 1.807) is 0 Å². The summed E-state index contributed by atoms with van der Waals surface area (Å²) >= 11 is 0. The van der Waals surface area contributed by atoms with Crippen LogP contribution in [0, 0.1) is 19.7 Å². The van der Waals surface area contributed by atoms with Crippen molar-refractivity contribution >= 4 is 5.69 Å². The van der Waals surface area contributed by atoms with Gasteiger partial charge in [0.05, 0.1) is 0 Å². The van der Waals surface area contributed by atoms with E-state index in [0.29, 0.717) is 0 Å².